The van der Waals surface area contributed by atoms with Gasteiger partial charge in [0, 0.05) is 22.5 Å². The molecule has 0 N–H and O–H groups in total. The third-order valence-corrected chi connectivity index (χ3v) is 4.98. The van der Waals surface area contributed by atoms with Crippen molar-refractivity contribution in [1.29, 1.82) is 10.5 Å². The Labute approximate surface area is 134 Å². The maximum absolute atomic E-state index is 9.29. The van der Waals surface area contributed by atoms with Crippen molar-refractivity contribution in [2.75, 3.05) is 26.2 Å². The molecule has 0 saturated carbocycles. The summed E-state index contributed by atoms with van der Waals surface area (Å²) in [4.78, 5) is 0. The van der Waals surface area contributed by atoms with E-state index in [2.05, 4.69) is 0 Å². The van der Waals surface area contributed by atoms with Crippen LogP contribution in [0.3, 0.4) is 0 Å². The maximum atomic E-state index is 9.29. The summed E-state index contributed by atoms with van der Waals surface area (Å²) in [5.41, 5.74) is 2.49. The van der Waals surface area contributed by atoms with E-state index in [1.54, 1.807) is 30.6 Å². The van der Waals surface area contributed by atoms with Gasteiger partial charge in [-0.1, -0.05) is 30.3 Å². The Hall–Kier alpha value is -1.66. The summed E-state index contributed by atoms with van der Waals surface area (Å²) < 4.78 is 6.33. The summed E-state index contributed by atoms with van der Waals surface area (Å²) in [7, 11) is 1.61. The average Bonchev–Trinajstić information content (AvgIpc) is 2.54. The van der Waals surface area contributed by atoms with Gasteiger partial charge in [-0.3, -0.25) is 0 Å². The van der Waals surface area contributed by atoms with E-state index in [0.717, 1.165) is 15.4 Å². The van der Waals surface area contributed by atoms with Crippen LogP contribution in [0.2, 0.25) is 0 Å². The molecule has 1 aromatic rings. The molecule has 0 aliphatic rings. The molecule has 3 nitrogen and oxygen atoms in total. The molecule has 0 amide bonds. The van der Waals surface area contributed by atoms with Crippen LogP contribution in [0.5, 0.6) is 0 Å². The zero-order chi connectivity index (χ0) is 15.7. The Bertz CT molecular complexity index is 600. The Morgan fingerprint density at radius 2 is 1.67 bits per heavy atom. The number of ether oxygens (including phenoxy) is 1. The van der Waals surface area contributed by atoms with E-state index in [-0.39, 0.29) is 5.57 Å². The van der Waals surface area contributed by atoms with Crippen molar-refractivity contribution in [3.63, 3.8) is 0 Å². The van der Waals surface area contributed by atoms with Gasteiger partial charge in [-0.2, -0.15) is 10.5 Å². The molecule has 108 valence electrons. The van der Waals surface area contributed by atoms with Crippen molar-refractivity contribution in [2.45, 2.75) is 0 Å². The first-order valence-electron chi connectivity index (χ1n) is 6.13. The van der Waals surface area contributed by atoms with E-state index in [4.69, 9.17) is 4.74 Å². The number of hydrogen-bond acceptors (Lipinski definition) is 5. The fourth-order valence-electron chi connectivity index (χ4n) is 1.92. The third kappa shape index (κ3) is 4.41. The highest BCUT2D eigenvalue weighted by Crippen LogP contribution is 2.36. The first kappa shape index (κ1) is 17.4. The standard InChI is InChI=1S/C16H16N2OS2/c1-19-11-14(16(20-2)21-3)15(13(9-17)10-18)12-7-5-4-6-8-12/h4-8H,11H2,1-3H3. The summed E-state index contributed by atoms with van der Waals surface area (Å²) in [6.45, 7) is 0.355. The largest absolute Gasteiger partial charge is 0.380 e. The van der Waals surface area contributed by atoms with Gasteiger partial charge in [0.2, 0.25) is 0 Å². The fourth-order valence-corrected chi connectivity index (χ4v) is 3.40. The highest BCUT2D eigenvalue weighted by atomic mass is 32.2. The number of rotatable bonds is 6. The van der Waals surface area contributed by atoms with Crippen LogP contribution in [0.15, 0.2) is 45.7 Å². The minimum atomic E-state index is 0.105. The SMILES string of the molecule is COCC(=C(SC)SC)C(=C(C#N)C#N)c1ccccc1. The summed E-state index contributed by atoms with van der Waals surface area (Å²) >= 11 is 3.18. The number of thioether (sulfide) groups is 2. The molecular weight excluding hydrogens is 300 g/mol. The van der Waals surface area contributed by atoms with Gasteiger partial charge in [0.15, 0.2) is 0 Å². The molecule has 0 bridgehead atoms. The Balaban J connectivity index is 3.66. The van der Waals surface area contributed by atoms with E-state index < -0.39 is 0 Å². The van der Waals surface area contributed by atoms with E-state index in [0.29, 0.717) is 12.2 Å². The van der Waals surface area contributed by atoms with E-state index in [1.165, 1.54) is 0 Å². The molecule has 0 aliphatic carbocycles. The topological polar surface area (TPSA) is 56.8 Å². The molecule has 1 rings (SSSR count). The third-order valence-electron chi connectivity index (χ3n) is 2.74. The van der Waals surface area contributed by atoms with Crippen LogP contribution >= 0.6 is 23.5 Å². The molecule has 21 heavy (non-hydrogen) atoms. The van der Waals surface area contributed by atoms with Gasteiger partial charge in [0.1, 0.15) is 17.7 Å². The number of hydrogen-bond donors (Lipinski definition) is 0. The molecule has 1 aromatic carbocycles. The minimum Gasteiger partial charge on any atom is -0.380 e. The van der Waals surface area contributed by atoms with Crippen molar-refractivity contribution >= 4 is 29.1 Å². The van der Waals surface area contributed by atoms with Gasteiger partial charge in [-0.25, -0.2) is 0 Å². The van der Waals surface area contributed by atoms with Gasteiger partial charge in [-0.05, 0) is 18.1 Å². The number of nitriles is 2. The van der Waals surface area contributed by atoms with E-state index >= 15 is 0 Å². The Morgan fingerprint density at radius 1 is 1.10 bits per heavy atom. The van der Waals surface area contributed by atoms with Crippen LogP contribution in [-0.2, 0) is 4.74 Å². The first-order chi connectivity index (χ1) is 10.2. The molecule has 5 heteroatoms. The quantitative estimate of drug-likeness (QED) is 0.585. The van der Waals surface area contributed by atoms with Gasteiger partial charge in [-0.15, -0.1) is 23.5 Å². The summed E-state index contributed by atoms with van der Waals surface area (Å²) in [5, 5.41) is 18.6. The second-order valence-electron chi connectivity index (χ2n) is 3.95. The number of allylic oxidation sites excluding steroid dienone is 1. The van der Waals surface area contributed by atoms with Crippen LogP contribution in [0.4, 0.5) is 0 Å². The zero-order valence-electron chi connectivity index (χ0n) is 12.2. The Morgan fingerprint density at radius 3 is 2.10 bits per heavy atom. The van der Waals surface area contributed by atoms with E-state index in [9.17, 15) is 10.5 Å². The van der Waals surface area contributed by atoms with Gasteiger partial charge < -0.3 is 4.74 Å². The van der Waals surface area contributed by atoms with Gasteiger partial charge in [0.05, 0.1) is 6.61 Å². The smallest absolute Gasteiger partial charge is 0.137 e. The minimum absolute atomic E-state index is 0.105. The first-order valence-corrected chi connectivity index (χ1v) is 8.58. The number of nitrogens with zero attached hydrogens (tertiary/aromatic N) is 2. The highest BCUT2D eigenvalue weighted by Gasteiger charge is 2.18. The van der Waals surface area contributed by atoms with Gasteiger partial charge >= 0.3 is 0 Å². The second-order valence-corrected chi connectivity index (χ2v) is 5.84. The lowest BCUT2D eigenvalue weighted by Gasteiger charge is -2.16. The molecular formula is C16H16N2OS2. The summed E-state index contributed by atoms with van der Waals surface area (Å²) in [6.07, 6.45) is 3.95. The average molecular weight is 316 g/mol. The van der Waals surface area contributed by atoms with Crippen molar-refractivity contribution in [3.05, 3.63) is 51.3 Å². The van der Waals surface area contributed by atoms with Crippen LogP contribution in [0.25, 0.3) is 5.57 Å². The Kier molecular flexibility index (Phi) is 7.71. The van der Waals surface area contributed by atoms with Crippen LogP contribution in [-0.4, -0.2) is 26.2 Å². The van der Waals surface area contributed by atoms with Crippen LogP contribution in [0.1, 0.15) is 5.56 Å². The van der Waals surface area contributed by atoms with Gasteiger partial charge in [0.25, 0.3) is 0 Å². The highest BCUT2D eigenvalue weighted by molar-refractivity contribution is 8.21. The monoisotopic (exact) mass is 316 g/mol. The molecule has 0 unspecified atom stereocenters. The predicted octanol–water partition coefficient (Wildman–Crippen LogP) is 4.07. The van der Waals surface area contributed by atoms with Crippen LogP contribution in [0, 0.1) is 22.7 Å². The van der Waals surface area contributed by atoms with Crippen molar-refractivity contribution < 1.29 is 4.74 Å². The zero-order valence-corrected chi connectivity index (χ0v) is 13.8. The molecule has 0 saturated heterocycles. The van der Waals surface area contributed by atoms with Crippen molar-refractivity contribution in [2.24, 2.45) is 0 Å². The molecule has 0 radical (unpaired) electrons. The molecule has 0 atom stereocenters. The lowest BCUT2D eigenvalue weighted by Crippen LogP contribution is -2.03. The summed E-state index contributed by atoms with van der Waals surface area (Å²) in [6, 6.07) is 13.5. The molecule has 0 fully saturated rings. The maximum Gasteiger partial charge on any atom is 0.137 e. The predicted molar refractivity (Wildman–Crippen MR) is 90.5 cm³/mol. The lowest BCUT2D eigenvalue weighted by atomic mass is 9.95. The summed E-state index contributed by atoms with van der Waals surface area (Å²) in [5.74, 6) is 0. The fraction of sp³-hybridized carbons (Fsp3) is 0.250. The number of benzene rings is 1. The molecule has 0 aliphatic heterocycles. The molecule has 0 aromatic heterocycles. The molecule has 0 spiro atoms. The number of methoxy groups -OCH3 is 1. The molecule has 0 heterocycles. The van der Waals surface area contributed by atoms with E-state index in [1.807, 2.05) is 55.0 Å². The van der Waals surface area contributed by atoms with Crippen molar-refractivity contribution in [1.82, 2.24) is 0 Å². The van der Waals surface area contributed by atoms with Crippen molar-refractivity contribution in [3.8, 4) is 12.1 Å². The van der Waals surface area contributed by atoms with Crippen LogP contribution < -0.4 is 0 Å². The lowest BCUT2D eigenvalue weighted by molar-refractivity contribution is 0.229. The second kappa shape index (κ2) is 9.31. The normalized spacial score (nSPS) is 9.38.